The van der Waals surface area contributed by atoms with E-state index in [1.54, 1.807) is 36.5 Å². The first-order valence-electron chi connectivity index (χ1n) is 10.4. The number of nitriles is 1. The molecule has 33 heavy (non-hydrogen) atoms. The van der Waals surface area contributed by atoms with Gasteiger partial charge >= 0.3 is 5.97 Å². The largest absolute Gasteiger partial charge is 0.452 e. The number of fused-ring (bicyclic) bond motifs is 1. The zero-order valence-corrected chi connectivity index (χ0v) is 18.4. The molecular formula is C24H20N4O4S. The van der Waals surface area contributed by atoms with Crippen LogP contribution in [0.5, 0.6) is 0 Å². The fourth-order valence-corrected chi connectivity index (χ4v) is 4.88. The normalized spacial score (nSPS) is 12.2. The van der Waals surface area contributed by atoms with Gasteiger partial charge in [-0.1, -0.05) is 6.07 Å². The Morgan fingerprint density at radius 3 is 2.76 bits per heavy atom. The van der Waals surface area contributed by atoms with Crippen molar-refractivity contribution in [3.05, 3.63) is 75.9 Å². The van der Waals surface area contributed by atoms with Gasteiger partial charge in [0.2, 0.25) is 0 Å². The van der Waals surface area contributed by atoms with Crippen molar-refractivity contribution in [1.29, 1.82) is 5.26 Å². The van der Waals surface area contributed by atoms with Gasteiger partial charge in [0.25, 0.3) is 11.8 Å². The van der Waals surface area contributed by atoms with Crippen molar-refractivity contribution >= 4 is 39.8 Å². The number of anilines is 2. The van der Waals surface area contributed by atoms with E-state index in [1.165, 1.54) is 23.6 Å². The fraction of sp³-hybridized carbons (Fsp3) is 0.208. The van der Waals surface area contributed by atoms with E-state index in [9.17, 15) is 14.4 Å². The molecule has 0 saturated carbocycles. The molecule has 0 fully saturated rings. The Balaban J connectivity index is 1.48. The molecule has 0 aliphatic heterocycles. The lowest BCUT2D eigenvalue weighted by Gasteiger charge is -2.13. The number of nitrogens with zero attached hydrogens (tertiary/aromatic N) is 2. The molecule has 0 saturated heterocycles. The van der Waals surface area contributed by atoms with Gasteiger partial charge in [-0.3, -0.25) is 14.6 Å². The lowest BCUT2D eigenvalue weighted by Crippen LogP contribution is -2.22. The average Bonchev–Trinajstić information content (AvgIpc) is 3.21. The number of benzene rings is 1. The molecule has 1 aliphatic rings. The summed E-state index contributed by atoms with van der Waals surface area (Å²) in [4.78, 5) is 42.9. The number of rotatable bonds is 6. The highest BCUT2D eigenvalue weighted by Crippen LogP contribution is 2.38. The predicted molar refractivity (Wildman–Crippen MR) is 123 cm³/mol. The summed E-state index contributed by atoms with van der Waals surface area (Å²) in [6.07, 6.45) is 6.53. The minimum absolute atomic E-state index is 0.311. The Kier molecular flexibility index (Phi) is 6.76. The molecular weight excluding hydrogens is 440 g/mol. The van der Waals surface area contributed by atoms with Gasteiger partial charge in [-0.2, -0.15) is 5.26 Å². The number of aromatic nitrogens is 1. The van der Waals surface area contributed by atoms with Crippen LogP contribution in [0.4, 0.5) is 10.7 Å². The lowest BCUT2D eigenvalue weighted by atomic mass is 9.95. The van der Waals surface area contributed by atoms with E-state index >= 15 is 0 Å². The molecule has 1 aliphatic carbocycles. The Hall–Kier alpha value is -4.03. The molecule has 0 spiro atoms. The third-order valence-electron chi connectivity index (χ3n) is 5.14. The summed E-state index contributed by atoms with van der Waals surface area (Å²) in [5, 5.41) is 14.8. The Morgan fingerprint density at radius 2 is 1.97 bits per heavy atom. The first-order chi connectivity index (χ1) is 16.0. The number of thiophene rings is 1. The van der Waals surface area contributed by atoms with Gasteiger partial charge in [-0.05, 0) is 61.6 Å². The number of carbonyl (C=O) groups is 3. The summed E-state index contributed by atoms with van der Waals surface area (Å²) in [6.45, 7) is -0.490. The van der Waals surface area contributed by atoms with Crippen molar-refractivity contribution in [1.82, 2.24) is 4.98 Å². The van der Waals surface area contributed by atoms with E-state index in [2.05, 4.69) is 15.6 Å². The molecule has 0 atom stereocenters. The zero-order valence-electron chi connectivity index (χ0n) is 17.6. The summed E-state index contributed by atoms with van der Waals surface area (Å²) in [5.41, 5.74) is 2.41. The molecule has 1 aromatic carbocycles. The maximum absolute atomic E-state index is 13.0. The number of aryl methyl sites for hydroxylation is 1. The molecule has 2 amide bonds. The van der Waals surface area contributed by atoms with Crippen LogP contribution in [0.15, 0.2) is 48.8 Å². The maximum Gasteiger partial charge on any atom is 0.341 e. The standard InChI is InChI=1S/C24H20N4O4S/c25-12-15-5-3-7-17(11-15)27-20(29)14-32-24(31)21-18-8-1-2-9-19(18)33-23(21)28-22(30)16-6-4-10-26-13-16/h3-7,10-11,13H,1-2,8-9,14H2,(H,27,29)(H,28,30). The Bertz CT molecular complexity index is 1250. The molecule has 4 rings (SSSR count). The van der Waals surface area contributed by atoms with Gasteiger partial charge in [0, 0.05) is 23.0 Å². The second-order valence-electron chi connectivity index (χ2n) is 7.43. The van der Waals surface area contributed by atoms with Crippen molar-refractivity contribution in [2.75, 3.05) is 17.2 Å². The topological polar surface area (TPSA) is 121 Å². The number of nitrogens with one attached hydrogen (secondary N) is 2. The SMILES string of the molecule is N#Cc1cccc(NC(=O)COC(=O)c2c(NC(=O)c3cccnc3)sc3c2CCCC3)c1. The molecule has 166 valence electrons. The first-order valence-corrected chi connectivity index (χ1v) is 11.2. The van der Waals surface area contributed by atoms with Crippen LogP contribution in [-0.4, -0.2) is 29.4 Å². The first kappa shape index (κ1) is 22.2. The minimum atomic E-state index is -0.656. The minimum Gasteiger partial charge on any atom is -0.452 e. The van der Waals surface area contributed by atoms with Crippen molar-refractivity contribution in [3.63, 3.8) is 0 Å². The van der Waals surface area contributed by atoms with Gasteiger partial charge in [-0.25, -0.2) is 4.79 Å². The van der Waals surface area contributed by atoms with Crippen molar-refractivity contribution in [2.24, 2.45) is 0 Å². The van der Waals surface area contributed by atoms with Crippen molar-refractivity contribution in [3.8, 4) is 6.07 Å². The fourth-order valence-electron chi connectivity index (χ4n) is 3.61. The number of hydrogen-bond acceptors (Lipinski definition) is 7. The number of esters is 1. The van der Waals surface area contributed by atoms with Crippen LogP contribution >= 0.6 is 11.3 Å². The maximum atomic E-state index is 13.0. The van der Waals surface area contributed by atoms with Crippen LogP contribution in [0.3, 0.4) is 0 Å². The van der Waals surface area contributed by atoms with E-state index in [0.717, 1.165) is 29.7 Å². The van der Waals surface area contributed by atoms with Crippen LogP contribution in [0.25, 0.3) is 0 Å². The molecule has 3 aromatic rings. The summed E-state index contributed by atoms with van der Waals surface area (Å²) in [5.74, 6) is -1.55. The summed E-state index contributed by atoms with van der Waals surface area (Å²) in [7, 11) is 0. The van der Waals surface area contributed by atoms with Crippen LogP contribution in [0.2, 0.25) is 0 Å². The predicted octanol–water partition coefficient (Wildman–Crippen LogP) is 3.94. The van der Waals surface area contributed by atoms with Gasteiger partial charge in [-0.15, -0.1) is 11.3 Å². The molecule has 2 N–H and O–H groups in total. The molecule has 2 heterocycles. The van der Waals surface area contributed by atoms with Crippen LogP contribution in [-0.2, 0) is 22.4 Å². The van der Waals surface area contributed by atoms with E-state index in [1.807, 2.05) is 6.07 Å². The molecule has 0 bridgehead atoms. The lowest BCUT2D eigenvalue weighted by molar-refractivity contribution is -0.119. The number of hydrogen-bond donors (Lipinski definition) is 2. The van der Waals surface area contributed by atoms with E-state index < -0.39 is 18.5 Å². The average molecular weight is 461 g/mol. The quantitative estimate of drug-likeness (QED) is 0.538. The van der Waals surface area contributed by atoms with Gasteiger partial charge in [0.1, 0.15) is 5.00 Å². The van der Waals surface area contributed by atoms with Gasteiger partial charge in [0.05, 0.1) is 22.8 Å². The second kappa shape index (κ2) is 10.1. The van der Waals surface area contributed by atoms with Crippen LogP contribution in [0, 0.1) is 11.3 Å². The summed E-state index contributed by atoms with van der Waals surface area (Å²) < 4.78 is 5.30. The molecule has 2 aromatic heterocycles. The molecule has 0 unspecified atom stereocenters. The number of pyridine rings is 1. The van der Waals surface area contributed by atoms with E-state index in [4.69, 9.17) is 10.00 Å². The van der Waals surface area contributed by atoms with Gasteiger partial charge in [0.15, 0.2) is 6.61 Å². The van der Waals surface area contributed by atoms with Crippen molar-refractivity contribution < 1.29 is 19.1 Å². The third kappa shape index (κ3) is 5.25. The van der Waals surface area contributed by atoms with E-state index in [-0.39, 0.29) is 5.91 Å². The Morgan fingerprint density at radius 1 is 1.12 bits per heavy atom. The highest BCUT2D eigenvalue weighted by Gasteiger charge is 2.28. The second-order valence-corrected chi connectivity index (χ2v) is 8.53. The van der Waals surface area contributed by atoms with Crippen LogP contribution < -0.4 is 10.6 Å². The van der Waals surface area contributed by atoms with Gasteiger partial charge < -0.3 is 15.4 Å². The third-order valence-corrected chi connectivity index (χ3v) is 6.34. The molecule has 0 radical (unpaired) electrons. The highest BCUT2D eigenvalue weighted by molar-refractivity contribution is 7.17. The summed E-state index contributed by atoms with van der Waals surface area (Å²) >= 11 is 1.37. The van der Waals surface area contributed by atoms with Crippen LogP contribution in [0.1, 0.15) is 49.6 Å². The molecule has 8 nitrogen and oxygen atoms in total. The van der Waals surface area contributed by atoms with E-state index in [0.29, 0.717) is 33.8 Å². The smallest absolute Gasteiger partial charge is 0.341 e. The zero-order chi connectivity index (χ0) is 23.2. The monoisotopic (exact) mass is 460 g/mol. The highest BCUT2D eigenvalue weighted by atomic mass is 32.1. The summed E-state index contributed by atoms with van der Waals surface area (Å²) in [6, 6.07) is 11.7. The number of amides is 2. The Labute approximate surface area is 194 Å². The van der Waals surface area contributed by atoms with Crippen molar-refractivity contribution in [2.45, 2.75) is 25.7 Å². The number of carbonyl (C=O) groups excluding carboxylic acids is 3. The molecule has 9 heteroatoms. The number of ether oxygens (including phenoxy) is 1.